The van der Waals surface area contributed by atoms with Crippen molar-refractivity contribution in [1.82, 2.24) is 57.1 Å². The number of aromatic nitrogens is 3. The number of imidazole rings is 1. The normalized spacial score (nSPS) is 22.9. The number of carboxylic acid groups (broad SMARTS) is 1. The monoisotopic (exact) mass is 1230 g/mol. The predicted molar refractivity (Wildman–Crippen MR) is 320 cm³/mol. The Bertz CT molecular complexity index is 3100. The molecule has 0 spiro atoms. The number of urea groups is 1. The molecule has 2 aliphatic rings. The summed E-state index contributed by atoms with van der Waals surface area (Å²) in [6.45, 7) is 5.48. The van der Waals surface area contributed by atoms with Gasteiger partial charge < -0.3 is 75.2 Å². The molecule has 1 saturated carbocycles. The Morgan fingerprint density at radius 3 is 1.92 bits per heavy atom. The number of hydrogen-bond donors (Lipinski definition) is 14. The van der Waals surface area contributed by atoms with Gasteiger partial charge in [0, 0.05) is 78.6 Å². The average molecular weight is 1230 g/mol. The highest BCUT2D eigenvalue weighted by molar-refractivity contribution is 8.76. The van der Waals surface area contributed by atoms with Crippen LogP contribution in [0.5, 0.6) is 0 Å². The molecule has 11 amide bonds. The third-order valence-electron chi connectivity index (χ3n) is 14.7. The van der Waals surface area contributed by atoms with Gasteiger partial charge in [-0.1, -0.05) is 104 Å². The van der Waals surface area contributed by atoms with Gasteiger partial charge in [-0.2, -0.15) is 0 Å². The average Bonchev–Trinajstić information content (AvgIpc) is 1.97. The Kier molecular flexibility index (Phi) is 24.3. The number of carbonyl (C=O) groups is 11. The van der Waals surface area contributed by atoms with Crippen LogP contribution in [0.25, 0.3) is 10.9 Å². The summed E-state index contributed by atoms with van der Waals surface area (Å²) in [5.41, 5.74) is 24.6. The number of guanidine groups is 1. The summed E-state index contributed by atoms with van der Waals surface area (Å²) in [7, 11) is 1.83. The number of unbranched alkanes of at least 4 members (excludes halogenated alkanes) is 1. The van der Waals surface area contributed by atoms with Gasteiger partial charge in [0.25, 0.3) is 0 Å². The molecule has 2 aromatic carbocycles. The van der Waals surface area contributed by atoms with Crippen LogP contribution in [-0.4, -0.2) is 162 Å². The number of nitrogens with two attached hydrogens (primary N) is 4. The molecule has 6 rings (SSSR count). The van der Waals surface area contributed by atoms with Gasteiger partial charge in [-0.15, -0.1) is 0 Å². The number of aliphatic imine (C=N–C) groups is 1. The lowest BCUT2D eigenvalue weighted by Gasteiger charge is -2.30. The van der Waals surface area contributed by atoms with Crippen LogP contribution in [-0.2, 0) is 67.2 Å². The number of amides is 11. The van der Waals surface area contributed by atoms with Gasteiger partial charge in [0.2, 0.25) is 53.2 Å². The molecule has 464 valence electrons. The maximum atomic E-state index is 14.8. The highest BCUT2D eigenvalue weighted by Gasteiger charge is 2.54. The van der Waals surface area contributed by atoms with Crippen LogP contribution >= 0.6 is 21.6 Å². The van der Waals surface area contributed by atoms with Crippen molar-refractivity contribution in [1.29, 1.82) is 0 Å². The number of nitrogens with zero attached hydrogens (tertiary/aromatic N) is 3. The summed E-state index contributed by atoms with van der Waals surface area (Å²) in [4.78, 5) is 170. The quantitative estimate of drug-likeness (QED) is 0.0219. The number of carboxylic acids is 1. The first-order chi connectivity index (χ1) is 41.0. The van der Waals surface area contributed by atoms with Crippen molar-refractivity contribution >= 4 is 104 Å². The van der Waals surface area contributed by atoms with Crippen molar-refractivity contribution in [3.8, 4) is 0 Å². The Morgan fingerprint density at radius 2 is 1.31 bits per heavy atom. The summed E-state index contributed by atoms with van der Waals surface area (Å²) in [5, 5.41) is 29.2. The molecule has 86 heavy (non-hydrogen) atoms. The van der Waals surface area contributed by atoms with E-state index in [1.54, 1.807) is 54.7 Å². The van der Waals surface area contributed by atoms with Crippen molar-refractivity contribution < 1.29 is 57.8 Å². The molecule has 1 aliphatic carbocycles. The van der Waals surface area contributed by atoms with E-state index in [1.165, 1.54) is 12.5 Å². The highest BCUT2D eigenvalue weighted by Crippen LogP contribution is 2.52. The Balaban J connectivity index is 1.43. The van der Waals surface area contributed by atoms with Crippen LogP contribution in [0.3, 0.4) is 0 Å². The summed E-state index contributed by atoms with van der Waals surface area (Å²) >= 11 is 0. The molecule has 3 heterocycles. The van der Waals surface area contributed by atoms with E-state index in [1.807, 2.05) is 26.8 Å². The fraction of sp³-hybridized carbons (Fsp3) is 0.482. The van der Waals surface area contributed by atoms with Gasteiger partial charge in [0.05, 0.1) is 6.33 Å². The number of fused-ring (bicyclic) bond motifs is 1. The lowest BCUT2D eigenvalue weighted by Crippen LogP contribution is -2.61. The predicted octanol–water partition coefficient (Wildman–Crippen LogP) is -0.377. The number of carbonyl (C=O) groups excluding carboxylic acids is 10. The second kappa shape index (κ2) is 31.5. The van der Waals surface area contributed by atoms with E-state index in [4.69, 9.17) is 22.9 Å². The Hall–Kier alpha value is -8.67. The molecule has 1 saturated heterocycles. The van der Waals surface area contributed by atoms with Crippen molar-refractivity contribution in [2.45, 2.75) is 140 Å². The van der Waals surface area contributed by atoms with Crippen molar-refractivity contribution in [2.24, 2.45) is 39.3 Å². The minimum absolute atomic E-state index is 0.0186. The standard InChI is InChI=1S/C56H76N16O12S2/c1-4-5-17-43(72(55(60)84)53(83)34-24-56(34,2)3)52(82)71-42-28-86-85-27-41(45(57)75)70-49(79)39(22-31-25-63-35-15-10-9-14-33(31)35)68-46(76)36(16-11-20-62-54(58)59)65-48(78)38(21-30-12-7-6-8-13-30)67-50(80)40(23-32-26-61-29-64-32)69-47(77)37(66-51(42)81)18-19-44(73)74/h6-10,12-15,25-26,29,34,36-43,63H,4-5,11,16-24,27-28H2,1-3H3,(H2,57,75)(H2,60,84)(H,61,64)(H,65,78)(H,66,81)(H,67,80)(H,68,76)(H,69,77)(H,70,79)(H,71,82)(H,73,74)(H4,58,59,62)/t34-,36+,37?,38-,39+,40+,41+,42+,43+/m1/s1. The Labute approximate surface area is 503 Å². The summed E-state index contributed by atoms with van der Waals surface area (Å²) in [6.07, 6.45) is 3.72. The minimum atomic E-state index is -1.72. The number of primary amides is 2. The van der Waals surface area contributed by atoms with Gasteiger partial charge in [-0.05, 0) is 54.7 Å². The maximum absolute atomic E-state index is 14.8. The van der Waals surface area contributed by atoms with Crippen LogP contribution < -0.4 is 60.2 Å². The minimum Gasteiger partial charge on any atom is -0.481 e. The molecule has 2 fully saturated rings. The molecular weight excluding hydrogens is 1150 g/mol. The molecule has 28 nitrogen and oxygen atoms in total. The van der Waals surface area contributed by atoms with Crippen LogP contribution in [0.4, 0.5) is 4.79 Å². The van der Waals surface area contributed by atoms with Crippen molar-refractivity contribution in [3.63, 3.8) is 0 Å². The molecule has 4 aromatic rings. The zero-order chi connectivity index (χ0) is 62.7. The van der Waals surface area contributed by atoms with Gasteiger partial charge in [0.15, 0.2) is 5.96 Å². The maximum Gasteiger partial charge on any atom is 0.322 e. The van der Waals surface area contributed by atoms with Crippen LogP contribution in [0.1, 0.15) is 89.0 Å². The SMILES string of the molecule is CCCC[C@@H](C(=O)N[C@H]1CSSC[C@@H](C(N)=O)NC(=O)[C@H](Cc2c[nH]c3ccccc23)NC(=O)[C@H](CCCN=C(N)N)NC(=O)[C@@H](Cc2ccccc2)NC(=O)[C@H](Cc2cnc[nH]2)NC(=O)C(CCC(=O)O)NC1=O)N(C(N)=O)C(=O)[C@H]1CC1(C)C. The third kappa shape index (κ3) is 19.4. The van der Waals surface area contributed by atoms with Crippen LogP contribution in [0.2, 0.25) is 0 Å². The fourth-order valence-electron chi connectivity index (χ4n) is 9.68. The second-order valence-corrected chi connectivity index (χ2v) is 24.3. The molecule has 1 aliphatic heterocycles. The molecule has 2 aromatic heterocycles. The molecule has 18 N–H and O–H groups in total. The zero-order valence-electron chi connectivity index (χ0n) is 47.9. The number of nitrogens with one attached hydrogen (secondary N) is 9. The Morgan fingerprint density at radius 1 is 0.733 bits per heavy atom. The van der Waals surface area contributed by atoms with E-state index in [-0.39, 0.29) is 62.5 Å². The fourth-order valence-corrected chi connectivity index (χ4v) is 12.0. The second-order valence-electron chi connectivity index (χ2n) is 21.8. The smallest absolute Gasteiger partial charge is 0.322 e. The lowest BCUT2D eigenvalue weighted by atomic mass is 10.0. The number of H-pyrrole nitrogens is 2. The molecule has 9 atom stereocenters. The van der Waals surface area contributed by atoms with E-state index in [0.29, 0.717) is 51.9 Å². The van der Waals surface area contributed by atoms with E-state index in [9.17, 15) is 57.8 Å². The van der Waals surface area contributed by atoms with Crippen LogP contribution in [0.15, 0.2) is 78.3 Å². The zero-order valence-corrected chi connectivity index (χ0v) is 49.6. The topological polar surface area (TPSA) is 456 Å². The van der Waals surface area contributed by atoms with Gasteiger partial charge >= 0.3 is 12.0 Å². The van der Waals surface area contributed by atoms with Crippen LogP contribution in [0, 0.1) is 11.3 Å². The van der Waals surface area contributed by atoms with Crippen molar-refractivity contribution in [3.05, 3.63) is 90.1 Å². The van der Waals surface area contributed by atoms with E-state index in [0.717, 1.165) is 21.6 Å². The first-order valence-corrected chi connectivity index (χ1v) is 30.6. The van der Waals surface area contributed by atoms with Gasteiger partial charge in [0.1, 0.15) is 48.3 Å². The molecule has 1 unspecified atom stereocenters. The van der Waals surface area contributed by atoms with E-state index in [2.05, 4.69) is 57.2 Å². The number of imide groups is 1. The third-order valence-corrected chi connectivity index (χ3v) is 17.1. The largest absolute Gasteiger partial charge is 0.481 e. The van der Waals surface area contributed by atoms with Gasteiger partial charge in [-0.3, -0.25) is 57.8 Å². The number of aromatic amines is 2. The first kappa shape index (κ1) is 66.5. The lowest BCUT2D eigenvalue weighted by molar-refractivity contribution is -0.140. The van der Waals surface area contributed by atoms with Crippen molar-refractivity contribution in [2.75, 3.05) is 18.1 Å². The summed E-state index contributed by atoms with van der Waals surface area (Å²) in [6, 6.07) is 2.28. The summed E-state index contributed by atoms with van der Waals surface area (Å²) < 4.78 is 0. The van der Waals surface area contributed by atoms with E-state index >= 15 is 0 Å². The first-order valence-electron chi connectivity index (χ1n) is 28.1. The molecular formula is C56H76N16O12S2. The number of aliphatic carboxylic acids is 1. The molecule has 0 bridgehead atoms. The number of para-hydroxylation sites is 1. The molecule has 0 radical (unpaired) electrons. The number of benzene rings is 2. The molecule has 30 heteroatoms. The van der Waals surface area contributed by atoms with Gasteiger partial charge in [-0.25, -0.2) is 9.78 Å². The van der Waals surface area contributed by atoms with E-state index < -0.39 is 138 Å². The number of hydrogen-bond acceptors (Lipinski definition) is 15. The summed E-state index contributed by atoms with van der Waals surface area (Å²) in [5.74, 6) is -11.2. The highest BCUT2D eigenvalue weighted by atomic mass is 33.1. The number of rotatable bonds is 21.